The minimum atomic E-state index is -0.00135. The molecule has 0 aromatic heterocycles. The predicted octanol–water partition coefficient (Wildman–Crippen LogP) is 2.24. The van der Waals surface area contributed by atoms with Crippen LogP contribution in [0.15, 0.2) is 55.6 Å². The maximum Gasteiger partial charge on any atom is 0.234 e. The van der Waals surface area contributed by atoms with E-state index >= 15 is 0 Å². The van der Waals surface area contributed by atoms with E-state index in [1.54, 1.807) is 0 Å². The second-order valence-electron chi connectivity index (χ2n) is 6.27. The lowest BCUT2D eigenvalue weighted by atomic mass is 9.88. The van der Waals surface area contributed by atoms with Gasteiger partial charge in [0.2, 0.25) is 16.3 Å². The third-order valence-electron chi connectivity index (χ3n) is 4.82. The third-order valence-corrected chi connectivity index (χ3v) is 5.64. The van der Waals surface area contributed by atoms with Gasteiger partial charge >= 0.3 is 0 Å². The molecular weight excluding hydrogens is 271 g/mol. The number of piperazine rings is 1. The summed E-state index contributed by atoms with van der Waals surface area (Å²) in [5.41, 5.74) is 1.36. The molecule has 0 spiro atoms. The maximum atomic E-state index is 4.08. The molecule has 3 heteroatoms. The average molecular weight is 298 g/mol. The summed E-state index contributed by atoms with van der Waals surface area (Å²) in [5, 5.41) is 1.20. The van der Waals surface area contributed by atoms with Crippen LogP contribution in [-0.2, 0) is 5.54 Å². The first-order valence-corrected chi connectivity index (χ1v) is 9.27. The van der Waals surface area contributed by atoms with Crippen LogP contribution in [0.4, 0.5) is 0 Å². The van der Waals surface area contributed by atoms with Crippen molar-refractivity contribution in [2.45, 2.75) is 31.5 Å². The van der Waals surface area contributed by atoms with Crippen molar-refractivity contribution >= 4 is 16.3 Å². The molecule has 1 aliphatic heterocycles. The number of benzene rings is 1. The zero-order valence-corrected chi connectivity index (χ0v) is 15.6. The van der Waals surface area contributed by atoms with Crippen LogP contribution in [0.25, 0.3) is 0 Å². The van der Waals surface area contributed by atoms with Crippen molar-refractivity contribution in [3.05, 3.63) is 61.2 Å². The summed E-state index contributed by atoms with van der Waals surface area (Å²) < 4.78 is 0. The SMILES string of the molecule is C=C[C@@H]1CN(C(C)(C)c2ccccc2)[C@@H](C=C)CN1[CH2][AlH2]. The first-order valence-electron chi connectivity index (χ1n) is 7.86. The van der Waals surface area contributed by atoms with Crippen molar-refractivity contribution in [3.8, 4) is 0 Å². The van der Waals surface area contributed by atoms with Crippen molar-refractivity contribution in [2.24, 2.45) is 0 Å². The molecule has 0 amide bonds. The van der Waals surface area contributed by atoms with Crippen molar-refractivity contribution in [3.63, 3.8) is 0 Å². The zero-order chi connectivity index (χ0) is 15.5. The van der Waals surface area contributed by atoms with Gasteiger partial charge in [0.1, 0.15) is 0 Å². The molecule has 1 saturated heterocycles. The van der Waals surface area contributed by atoms with Crippen LogP contribution >= 0.6 is 0 Å². The van der Waals surface area contributed by atoms with Gasteiger partial charge < -0.3 is 4.90 Å². The molecule has 0 unspecified atom stereocenters. The first kappa shape index (κ1) is 16.5. The van der Waals surface area contributed by atoms with Crippen LogP contribution in [0.2, 0.25) is 0 Å². The van der Waals surface area contributed by atoms with Crippen molar-refractivity contribution < 1.29 is 0 Å². The Balaban J connectivity index is 2.31. The van der Waals surface area contributed by atoms with Crippen molar-refractivity contribution in [2.75, 3.05) is 18.5 Å². The van der Waals surface area contributed by atoms with Crippen LogP contribution < -0.4 is 0 Å². The molecule has 1 fully saturated rings. The van der Waals surface area contributed by atoms with Crippen LogP contribution in [-0.4, -0.2) is 56.7 Å². The second-order valence-corrected chi connectivity index (χ2v) is 6.90. The summed E-state index contributed by atoms with van der Waals surface area (Å²) in [6.07, 6.45) is 4.21. The Hall–Kier alpha value is -0.848. The fourth-order valence-corrected chi connectivity index (χ4v) is 4.10. The minimum Gasteiger partial charge on any atom is -0.308 e. The molecular formula is C18H27AlN2. The Labute approximate surface area is 137 Å². The molecule has 0 saturated carbocycles. The minimum absolute atomic E-state index is 0.00135. The highest BCUT2D eigenvalue weighted by Crippen LogP contribution is 2.33. The molecule has 2 rings (SSSR count). The molecule has 0 aliphatic carbocycles. The summed E-state index contributed by atoms with van der Waals surface area (Å²) >= 11 is 1.20. The fourth-order valence-electron chi connectivity index (χ4n) is 3.37. The van der Waals surface area contributed by atoms with E-state index in [2.05, 4.69) is 79.3 Å². The molecule has 2 nitrogen and oxygen atoms in total. The topological polar surface area (TPSA) is 6.48 Å². The van der Waals surface area contributed by atoms with E-state index in [1.807, 2.05) is 0 Å². The largest absolute Gasteiger partial charge is 0.308 e. The lowest BCUT2D eigenvalue weighted by Gasteiger charge is -2.51. The Morgan fingerprint density at radius 1 is 1.14 bits per heavy atom. The average Bonchev–Trinajstić information content (AvgIpc) is 2.54. The van der Waals surface area contributed by atoms with E-state index in [9.17, 15) is 0 Å². The summed E-state index contributed by atoms with van der Waals surface area (Å²) in [7, 11) is 0. The van der Waals surface area contributed by atoms with Gasteiger partial charge in [-0.3, -0.25) is 4.90 Å². The van der Waals surface area contributed by atoms with E-state index in [4.69, 9.17) is 0 Å². The highest BCUT2D eigenvalue weighted by Gasteiger charge is 2.38. The van der Waals surface area contributed by atoms with Gasteiger partial charge in [0.05, 0.1) is 0 Å². The van der Waals surface area contributed by atoms with Gasteiger partial charge in [-0.25, -0.2) is 0 Å². The van der Waals surface area contributed by atoms with Gasteiger partial charge in [0, 0.05) is 30.7 Å². The highest BCUT2D eigenvalue weighted by molar-refractivity contribution is 6.08. The normalized spacial score (nSPS) is 24.7. The third kappa shape index (κ3) is 3.33. The van der Waals surface area contributed by atoms with E-state index in [1.165, 1.54) is 27.3 Å². The lowest BCUT2D eigenvalue weighted by Crippen LogP contribution is -2.61. The second kappa shape index (κ2) is 6.94. The maximum absolute atomic E-state index is 4.08. The van der Waals surface area contributed by atoms with E-state index in [-0.39, 0.29) is 5.54 Å². The quantitative estimate of drug-likeness (QED) is 0.608. The summed E-state index contributed by atoms with van der Waals surface area (Å²) in [5.74, 6) is 0. The van der Waals surface area contributed by atoms with Crippen LogP contribution in [0.1, 0.15) is 19.4 Å². The van der Waals surface area contributed by atoms with Gasteiger partial charge in [-0.05, 0) is 19.4 Å². The Morgan fingerprint density at radius 3 is 2.29 bits per heavy atom. The van der Waals surface area contributed by atoms with Gasteiger partial charge in [-0.2, -0.15) is 0 Å². The van der Waals surface area contributed by atoms with E-state index in [0.29, 0.717) is 12.1 Å². The van der Waals surface area contributed by atoms with Crippen molar-refractivity contribution in [1.82, 2.24) is 9.80 Å². The highest BCUT2D eigenvalue weighted by atomic mass is 27.0. The predicted molar refractivity (Wildman–Crippen MR) is 94.3 cm³/mol. The monoisotopic (exact) mass is 298 g/mol. The van der Waals surface area contributed by atoms with E-state index < -0.39 is 0 Å². The Morgan fingerprint density at radius 2 is 1.76 bits per heavy atom. The smallest absolute Gasteiger partial charge is 0.234 e. The molecule has 0 N–H and O–H groups in total. The van der Waals surface area contributed by atoms with Crippen LogP contribution in [0, 0.1) is 0 Å². The van der Waals surface area contributed by atoms with Gasteiger partial charge in [0.15, 0.2) is 0 Å². The fraction of sp³-hybridized carbons (Fsp3) is 0.444. The van der Waals surface area contributed by atoms with Gasteiger partial charge in [0.25, 0.3) is 0 Å². The van der Waals surface area contributed by atoms with Gasteiger partial charge in [-0.1, -0.05) is 47.9 Å². The number of rotatable bonds is 5. The zero-order valence-electron chi connectivity index (χ0n) is 13.6. The summed E-state index contributed by atoms with van der Waals surface area (Å²) in [4.78, 5) is 5.12. The molecule has 0 bridgehead atoms. The Kier molecular flexibility index (Phi) is 5.46. The first-order chi connectivity index (χ1) is 10.0. The molecule has 2 atom stereocenters. The van der Waals surface area contributed by atoms with E-state index in [0.717, 1.165) is 13.1 Å². The van der Waals surface area contributed by atoms with Crippen molar-refractivity contribution in [1.29, 1.82) is 0 Å². The Bertz CT molecular complexity index is 483. The molecule has 1 aliphatic rings. The standard InChI is InChI=1S/C18H25N2.Al.2H/c1-6-16-14-20(17(7-2)13-19(16)5)18(3,4)15-11-9-8-10-12-15;;;/h6-12,16-17H,1-2,5,13-14H2,3-4H3;;;/t16-,17+;;;/m1.../s1. The lowest BCUT2D eigenvalue weighted by molar-refractivity contribution is 0.00545. The summed E-state index contributed by atoms with van der Waals surface area (Å²) in [6.45, 7) is 14.8. The van der Waals surface area contributed by atoms with Crippen LogP contribution in [0.3, 0.4) is 0 Å². The molecule has 0 radical (unpaired) electrons. The molecule has 1 aromatic rings. The molecule has 112 valence electrons. The molecule has 1 heterocycles. The number of hydrogen-bond donors (Lipinski definition) is 0. The van der Waals surface area contributed by atoms with Gasteiger partial charge in [-0.15, -0.1) is 13.2 Å². The number of nitrogens with zero attached hydrogens (tertiary/aromatic N) is 2. The molecule has 21 heavy (non-hydrogen) atoms. The van der Waals surface area contributed by atoms with Crippen LogP contribution in [0.5, 0.6) is 0 Å². The number of hydrogen-bond acceptors (Lipinski definition) is 2. The summed E-state index contributed by atoms with van der Waals surface area (Å²) in [6, 6.07) is 11.6. The molecule has 1 aromatic carbocycles.